The minimum absolute atomic E-state index is 0.0422. The fraction of sp³-hybridized carbons (Fsp3) is 0.333. The maximum atomic E-state index is 14.7. The first-order valence-corrected chi connectivity index (χ1v) is 12.6. The van der Waals surface area contributed by atoms with Crippen molar-refractivity contribution in [2.24, 2.45) is 5.92 Å². The third-order valence-corrected chi connectivity index (χ3v) is 7.46. The standard InChI is InChI=1S/C27H24ClF3N4O3/c28-16-11-18(23(24(30)31)33-12-16)25(36)34-17-7-5-15(6-8-17)14-35-22-9-10-32-13-20(22)27(38,26(35)37)19-3-1-2-4-21(19)29/h1-4,9-13,15,17,24,38H,5-8,14H2,(H,34,36)/t15-,17-,27?. The van der Waals surface area contributed by atoms with Gasteiger partial charge in [0.15, 0.2) is 0 Å². The van der Waals surface area contributed by atoms with Gasteiger partial charge in [0, 0.05) is 42.3 Å². The fourth-order valence-electron chi connectivity index (χ4n) is 5.33. The van der Waals surface area contributed by atoms with Gasteiger partial charge in [0.05, 0.1) is 16.3 Å². The van der Waals surface area contributed by atoms with Gasteiger partial charge in [0.1, 0.15) is 11.5 Å². The van der Waals surface area contributed by atoms with Crippen LogP contribution in [0.1, 0.15) is 59.3 Å². The molecule has 1 saturated carbocycles. The van der Waals surface area contributed by atoms with Gasteiger partial charge >= 0.3 is 0 Å². The van der Waals surface area contributed by atoms with E-state index in [1.807, 2.05) is 0 Å². The highest BCUT2D eigenvalue weighted by Crippen LogP contribution is 2.45. The number of fused-ring (bicyclic) bond motifs is 1. The number of hydrogen-bond acceptors (Lipinski definition) is 5. The van der Waals surface area contributed by atoms with Crippen LogP contribution in [0.2, 0.25) is 5.02 Å². The number of carbonyl (C=O) groups excluding carboxylic acids is 2. The molecule has 0 saturated heterocycles. The molecule has 0 radical (unpaired) electrons. The van der Waals surface area contributed by atoms with Crippen molar-refractivity contribution in [3.63, 3.8) is 0 Å². The number of halogens is 4. The van der Waals surface area contributed by atoms with Gasteiger partial charge in [0.2, 0.25) is 5.60 Å². The van der Waals surface area contributed by atoms with Gasteiger partial charge in [-0.25, -0.2) is 13.2 Å². The largest absolute Gasteiger partial charge is 0.372 e. The average molecular weight is 545 g/mol. The van der Waals surface area contributed by atoms with Crippen molar-refractivity contribution in [1.82, 2.24) is 15.3 Å². The summed E-state index contributed by atoms with van der Waals surface area (Å²) in [4.78, 5) is 35.4. The lowest BCUT2D eigenvalue weighted by Crippen LogP contribution is -2.45. The Kier molecular flexibility index (Phi) is 7.11. The van der Waals surface area contributed by atoms with Gasteiger partial charge < -0.3 is 15.3 Å². The molecule has 11 heteroatoms. The number of nitrogens with zero attached hydrogens (tertiary/aromatic N) is 3. The Morgan fingerprint density at radius 1 is 1.16 bits per heavy atom. The molecule has 1 aromatic carbocycles. The Bertz CT molecular complexity index is 1380. The summed E-state index contributed by atoms with van der Waals surface area (Å²) in [5.41, 5.74) is -2.50. The van der Waals surface area contributed by atoms with Crippen LogP contribution in [0.3, 0.4) is 0 Å². The summed E-state index contributed by atoms with van der Waals surface area (Å²) in [6.45, 7) is 0.293. The van der Waals surface area contributed by atoms with Crippen LogP contribution >= 0.6 is 11.6 Å². The normalized spacial score (nSPS) is 23.0. The summed E-state index contributed by atoms with van der Waals surface area (Å²) in [7, 11) is 0. The van der Waals surface area contributed by atoms with Crippen LogP contribution in [-0.2, 0) is 10.4 Å². The Morgan fingerprint density at radius 3 is 2.61 bits per heavy atom. The quantitative estimate of drug-likeness (QED) is 0.466. The zero-order chi connectivity index (χ0) is 27.0. The SMILES string of the molecule is O=C(N[C@H]1CC[C@H](CN2C(=O)C(O)(c3ccccc3F)c3cnccc32)CC1)c1cc(Cl)cnc1C(F)F. The number of rotatable bonds is 6. The maximum Gasteiger partial charge on any atom is 0.281 e. The van der Waals surface area contributed by atoms with Crippen molar-refractivity contribution in [1.29, 1.82) is 0 Å². The first-order valence-electron chi connectivity index (χ1n) is 12.2. The molecule has 2 aliphatic rings. The summed E-state index contributed by atoms with van der Waals surface area (Å²) in [5.74, 6) is -1.96. The van der Waals surface area contributed by atoms with Crippen LogP contribution in [0.25, 0.3) is 0 Å². The molecule has 2 aromatic heterocycles. The molecule has 198 valence electrons. The fourth-order valence-corrected chi connectivity index (χ4v) is 5.49. The summed E-state index contributed by atoms with van der Waals surface area (Å²) < 4.78 is 41.3. The van der Waals surface area contributed by atoms with E-state index in [4.69, 9.17) is 11.6 Å². The molecule has 1 aliphatic heterocycles. The molecule has 1 aliphatic carbocycles. The van der Waals surface area contributed by atoms with Crippen molar-refractivity contribution in [2.45, 2.75) is 43.8 Å². The van der Waals surface area contributed by atoms with Gasteiger partial charge in [-0.05, 0) is 49.8 Å². The van der Waals surface area contributed by atoms with Crippen molar-refractivity contribution >= 4 is 29.1 Å². The number of aromatic nitrogens is 2. The van der Waals surface area contributed by atoms with Crippen LogP contribution in [0, 0.1) is 11.7 Å². The van der Waals surface area contributed by atoms with E-state index >= 15 is 0 Å². The maximum absolute atomic E-state index is 14.7. The van der Waals surface area contributed by atoms with Crippen LogP contribution in [0.5, 0.6) is 0 Å². The number of benzene rings is 1. The van der Waals surface area contributed by atoms with Gasteiger partial charge in [-0.1, -0.05) is 29.8 Å². The third kappa shape index (κ3) is 4.63. The predicted molar refractivity (Wildman–Crippen MR) is 133 cm³/mol. The number of carbonyl (C=O) groups is 2. The molecule has 1 atom stereocenters. The Hall–Kier alpha value is -3.50. The molecule has 3 heterocycles. The van der Waals surface area contributed by atoms with Crippen LogP contribution in [-0.4, -0.2) is 39.5 Å². The number of alkyl halides is 2. The lowest BCUT2D eigenvalue weighted by Gasteiger charge is -2.32. The molecule has 7 nitrogen and oxygen atoms in total. The number of nitrogens with one attached hydrogen (secondary N) is 1. The molecule has 1 unspecified atom stereocenters. The van der Waals surface area contributed by atoms with E-state index in [1.54, 1.807) is 12.1 Å². The van der Waals surface area contributed by atoms with Crippen LogP contribution in [0.4, 0.5) is 18.9 Å². The molecule has 38 heavy (non-hydrogen) atoms. The van der Waals surface area contributed by atoms with E-state index < -0.39 is 35.4 Å². The van der Waals surface area contributed by atoms with Gasteiger partial charge in [-0.3, -0.25) is 19.6 Å². The van der Waals surface area contributed by atoms with E-state index in [0.717, 1.165) is 6.20 Å². The summed E-state index contributed by atoms with van der Waals surface area (Å²) >= 11 is 5.86. The molecule has 5 rings (SSSR count). The lowest BCUT2D eigenvalue weighted by atomic mass is 9.85. The third-order valence-electron chi connectivity index (χ3n) is 7.26. The van der Waals surface area contributed by atoms with Crippen LogP contribution < -0.4 is 10.2 Å². The topological polar surface area (TPSA) is 95.4 Å². The molecule has 1 fully saturated rings. The minimum atomic E-state index is -2.91. The first-order chi connectivity index (χ1) is 18.2. The second-order valence-electron chi connectivity index (χ2n) is 9.58. The molecular weight excluding hydrogens is 521 g/mol. The predicted octanol–water partition coefficient (Wildman–Crippen LogP) is 4.78. The smallest absolute Gasteiger partial charge is 0.281 e. The van der Waals surface area contributed by atoms with E-state index in [1.165, 1.54) is 41.6 Å². The average Bonchev–Trinajstić information content (AvgIpc) is 3.12. The second kappa shape index (κ2) is 10.3. The molecule has 0 spiro atoms. The lowest BCUT2D eigenvalue weighted by molar-refractivity contribution is -0.132. The number of pyridine rings is 2. The first kappa shape index (κ1) is 26.1. The van der Waals surface area contributed by atoms with E-state index in [-0.39, 0.29) is 33.7 Å². The van der Waals surface area contributed by atoms with Gasteiger partial charge in [-0.2, -0.15) is 0 Å². The van der Waals surface area contributed by atoms with Crippen molar-refractivity contribution in [3.8, 4) is 0 Å². The number of anilines is 1. The molecule has 2 N–H and O–H groups in total. The van der Waals surface area contributed by atoms with Crippen LogP contribution in [0.15, 0.2) is 55.0 Å². The summed E-state index contributed by atoms with van der Waals surface area (Å²) in [6, 6.07) is 8.18. The monoisotopic (exact) mass is 544 g/mol. The van der Waals surface area contributed by atoms with E-state index in [2.05, 4.69) is 15.3 Å². The highest BCUT2D eigenvalue weighted by Gasteiger charge is 2.53. The Balaban J connectivity index is 1.27. The van der Waals surface area contributed by atoms with Crippen molar-refractivity contribution in [3.05, 3.63) is 88.2 Å². The van der Waals surface area contributed by atoms with Gasteiger partial charge in [-0.15, -0.1) is 0 Å². The summed E-state index contributed by atoms with van der Waals surface area (Å²) in [5, 5.41) is 14.4. The highest BCUT2D eigenvalue weighted by atomic mass is 35.5. The highest BCUT2D eigenvalue weighted by molar-refractivity contribution is 6.30. The minimum Gasteiger partial charge on any atom is -0.372 e. The Morgan fingerprint density at radius 2 is 1.89 bits per heavy atom. The number of amides is 2. The second-order valence-corrected chi connectivity index (χ2v) is 10.0. The molecule has 0 bridgehead atoms. The molecular formula is C27H24ClF3N4O3. The number of aliphatic hydroxyl groups is 1. The molecule has 3 aromatic rings. The van der Waals surface area contributed by atoms with E-state index in [9.17, 15) is 27.9 Å². The molecule has 2 amide bonds. The van der Waals surface area contributed by atoms with E-state index in [0.29, 0.717) is 37.9 Å². The summed E-state index contributed by atoms with van der Waals surface area (Å²) in [6.07, 6.45) is 3.47. The zero-order valence-electron chi connectivity index (χ0n) is 20.1. The zero-order valence-corrected chi connectivity index (χ0v) is 20.8. The van der Waals surface area contributed by atoms with Crippen molar-refractivity contribution < 1.29 is 27.9 Å². The van der Waals surface area contributed by atoms with Gasteiger partial charge in [0.25, 0.3) is 18.2 Å². The Labute approximate surface area is 221 Å². The number of hydrogen-bond donors (Lipinski definition) is 2. The van der Waals surface area contributed by atoms with Crippen molar-refractivity contribution in [2.75, 3.05) is 11.4 Å².